The minimum Gasteiger partial charge on any atom is -0.311 e. The molecule has 0 spiro atoms. The second-order valence-electron chi connectivity index (χ2n) is 13.1. The molecule has 52 heavy (non-hydrogen) atoms. The molecule has 4 heteroatoms. The van der Waals surface area contributed by atoms with Crippen molar-refractivity contribution in [1.29, 1.82) is 0 Å². The largest absolute Gasteiger partial charge is 0.311 e. The van der Waals surface area contributed by atoms with Gasteiger partial charge in [-0.3, -0.25) is 9.69 Å². The summed E-state index contributed by atoms with van der Waals surface area (Å²) in [5.74, 6) is 0. The Balaban J connectivity index is 1.30. The van der Waals surface area contributed by atoms with Gasteiger partial charge < -0.3 is 4.90 Å². The zero-order valence-corrected chi connectivity index (χ0v) is 29.2. The third kappa shape index (κ3) is 4.86. The average molecular weight is 678 g/mol. The van der Waals surface area contributed by atoms with Gasteiger partial charge in [-0.2, -0.15) is 0 Å². The number of hydrogen-bond donors (Lipinski definition) is 0. The van der Waals surface area contributed by atoms with Crippen LogP contribution in [0.15, 0.2) is 188 Å². The molecule has 0 unspecified atom stereocenters. The van der Waals surface area contributed by atoms with Crippen LogP contribution in [0.25, 0.3) is 42.0 Å². The minimum atomic E-state index is -2.72. The molecule has 0 aromatic heterocycles. The number of benzene rings is 9. The Bertz CT molecular complexity index is 2690. The van der Waals surface area contributed by atoms with Gasteiger partial charge in [0.05, 0.1) is 18.8 Å². The Morgan fingerprint density at radius 1 is 0.385 bits per heavy atom. The molecule has 0 atom stereocenters. The first-order valence-corrected chi connectivity index (χ1v) is 19.3. The van der Waals surface area contributed by atoms with Gasteiger partial charge in [0.1, 0.15) is 0 Å². The average Bonchev–Trinajstić information content (AvgIpc) is 3.22. The van der Waals surface area contributed by atoms with Crippen molar-refractivity contribution in [2.45, 2.75) is 0 Å². The van der Waals surface area contributed by atoms with E-state index in [9.17, 15) is 0 Å². The van der Waals surface area contributed by atoms with Crippen molar-refractivity contribution >= 4 is 89.6 Å². The van der Waals surface area contributed by atoms with E-state index in [0.717, 1.165) is 22.4 Å². The molecule has 3 nitrogen and oxygen atoms in total. The van der Waals surface area contributed by atoms with Crippen LogP contribution in [-0.2, 0) is 0 Å². The summed E-state index contributed by atoms with van der Waals surface area (Å²) in [7, 11) is -2.72. The third-order valence-corrected chi connectivity index (χ3v) is 15.2. The van der Waals surface area contributed by atoms with Crippen molar-refractivity contribution in [1.82, 2.24) is 0 Å². The van der Waals surface area contributed by atoms with Crippen LogP contribution in [-0.4, -0.2) is 8.07 Å². The molecule has 0 aliphatic carbocycles. The molecule has 0 aliphatic rings. The second kappa shape index (κ2) is 12.7. The smallest absolute Gasteiger partial charge is 0.196 e. The van der Waals surface area contributed by atoms with E-state index in [1.807, 2.05) is 12.1 Å². The maximum absolute atomic E-state index is 7.92. The fraction of sp³-hybridized carbons (Fsp3) is 0. The van der Waals surface area contributed by atoms with Gasteiger partial charge in [0, 0.05) is 16.8 Å². The van der Waals surface area contributed by atoms with E-state index in [1.54, 1.807) is 6.07 Å². The van der Waals surface area contributed by atoms with Crippen molar-refractivity contribution in [3.05, 3.63) is 211 Å². The van der Waals surface area contributed by atoms with E-state index >= 15 is 0 Å². The van der Waals surface area contributed by atoms with Gasteiger partial charge in [-0.15, -0.1) is 0 Å². The standard InChI is InChI=1S/C48H31N3Si/c1-49-44-31-27-38(33-45(44)50-2)51(46-32-24-36-22-21-34-13-12-14-35-23-30-43(46)48(36)47(34)35)37-25-28-42(29-26-37)52(39-15-6-3-7-16-39,40-17-8-4-9-18-40)41-19-10-5-11-20-41/h3-33H. The van der Waals surface area contributed by atoms with Crippen molar-refractivity contribution < 1.29 is 0 Å². The molecule has 0 heterocycles. The van der Waals surface area contributed by atoms with Crippen molar-refractivity contribution in [3.8, 4) is 0 Å². The van der Waals surface area contributed by atoms with Gasteiger partial charge in [0.15, 0.2) is 19.4 Å². The predicted molar refractivity (Wildman–Crippen MR) is 221 cm³/mol. The van der Waals surface area contributed by atoms with Gasteiger partial charge in [0.25, 0.3) is 0 Å². The highest BCUT2D eigenvalue weighted by Gasteiger charge is 2.41. The van der Waals surface area contributed by atoms with Crippen LogP contribution in [0.4, 0.5) is 28.4 Å². The monoisotopic (exact) mass is 677 g/mol. The Kier molecular flexibility index (Phi) is 7.59. The number of anilines is 3. The third-order valence-electron chi connectivity index (χ3n) is 10.4. The lowest BCUT2D eigenvalue weighted by atomic mass is 9.93. The van der Waals surface area contributed by atoms with Gasteiger partial charge >= 0.3 is 0 Å². The normalized spacial score (nSPS) is 11.4. The molecule has 0 aliphatic heterocycles. The minimum absolute atomic E-state index is 0.343. The molecule has 9 aromatic rings. The Morgan fingerprint density at radius 3 is 1.42 bits per heavy atom. The van der Waals surface area contributed by atoms with E-state index in [1.165, 1.54) is 47.7 Å². The predicted octanol–water partition coefficient (Wildman–Crippen LogP) is 10.5. The Morgan fingerprint density at radius 2 is 0.865 bits per heavy atom. The molecule has 0 N–H and O–H groups in total. The SMILES string of the molecule is [C-]#[N+]c1ccc(N(c2ccc([Si](c3ccccc3)(c3ccccc3)c3ccccc3)cc2)c2ccc3ccc4cccc5ccc2c3c45)cc1[N+]#[C-]. The molecule has 0 fully saturated rings. The summed E-state index contributed by atoms with van der Waals surface area (Å²) in [6, 6.07) is 67.2. The highest BCUT2D eigenvalue weighted by molar-refractivity contribution is 7.19. The van der Waals surface area contributed by atoms with E-state index in [4.69, 9.17) is 13.1 Å². The van der Waals surface area contributed by atoms with Crippen LogP contribution >= 0.6 is 0 Å². The molecule has 0 saturated carbocycles. The van der Waals surface area contributed by atoms with Gasteiger partial charge in [0.2, 0.25) is 0 Å². The molecule has 0 saturated heterocycles. The topological polar surface area (TPSA) is 12.0 Å². The molecule has 0 bridgehead atoms. The molecule has 0 amide bonds. The summed E-state index contributed by atoms with van der Waals surface area (Å²) >= 11 is 0. The van der Waals surface area contributed by atoms with Crippen LogP contribution in [0.2, 0.25) is 0 Å². The molecular weight excluding hydrogens is 647 g/mol. The summed E-state index contributed by atoms with van der Waals surface area (Å²) in [5, 5.41) is 12.5. The fourth-order valence-corrected chi connectivity index (χ4v) is 12.8. The molecular formula is C48H31N3Si. The van der Waals surface area contributed by atoms with Crippen molar-refractivity contribution in [2.24, 2.45) is 0 Å². The van der Waals surface area contributed by atoms with E-state index in [2.05, 4.69) is 184 Å². The summed E-state index contributed by atoms with van der Waals surface area (Å²) in [6.45, 7) is 15.6. The Hall–Kier alpha value is -6.98. The van der Waals surface area contributed by atoms with Gasteiger partial charge in [-0.05, 0) is 71.9 Å². The number of rotatable bonds is 7. The van der Waals surface area contributed by atoms with Gasteiger partial charge in [-0.25, -0.2) is 0 Å². The fourth-order valence-electron chi connectivity index (χ4n) is 8.10. The first kappa shape index (κ1) is 31.0. The van der Waals surface area contributed by atoms with E-state index in [-0.39, 0.29) is 0 Å². The summed E-state index contributed by atoms with van der Waals surface area (Å²) in [5.41, 5.74) is 3.52. The lowest BCUT2D eigenvalue weighted by Gasteiger charge is -2.35. The van der Waals surface area contributed by atoms with Crippen LogP contribution in [0, 0.1) is 13.1 Å². The highest BCUT2D eigenvalue weighted by Crippen LogP contribution is 2.45. The quantitative estimate of drug-likeness (QED) is 0.0708. The molecule has 9 rings (SSSR count). The van der Waals surface area contributed by atoms with E-state index < -0.39 is 8.07 Å². The summed E-state index contributed by atoms with van der Waals surface area (Å²) in [6.07, 6.45) is 0. The lowest BCUT2D eigenvalue weighted by molar-refractivity contribution is 1.30. The first-order chi connectivity index (χ1) is 25.7. The molecule has 9 aromatic carbocycles. The van der Waals surface area contributed by atoms with Crippen LogP contribution in [0.5, 0.6) is 0 Å². The van der Waals surface area contributed by atoms with Crippen LogP contribution in [0.1, 0.15) is 0 Å². The van der Waals surface area contributed by atoms with Crippen LogP contribution < -0.4 is 25.6 Å². The summed E-state index contributed by atoms with van der Waals surface area (Å²) in [4.78, 5) is 9.65. The molecule has 242 valence electrons. The van der Waals surface area contributed by atoms with Crippen molar-refractivity contribution in [3.63, 3.8) is 0 Å². The highest BCUT2D eigenvalue weighted by atomic mass is 28.3. The summed E-state index contributed by atoms with van der Waals surface area (Å²) < 4.78 is 0. The lowest BCUT2D eigenvalue weighted by Crippen LogP contribution is -2.74. The zero-order chi connectivity index (χ0) is 35.1. The second-order valence-corrected chi connectivity index (χ2v) is 16.9. The number of nitrogens with zero attached hydrogens (tertiary/aromatic N) is 3. The zero-order valence-electron chi connectivity index (χ0n) is 28.2. The van der Waals surface area contributed by atoms with Crippen molar-refractivity contribution in [2.75, 3.05) is 4.90 Å². The molecule has 0 radical (unpaired) electrons. The Labute approximate surface area is 304 Å². The van der Waals surface area contributed by atoms with Gasteiger partial charge in [-0.1, -0.05) is 164 Å². The van der Waals surface area contributed by atoms with E-state index in [0.29, 0.717) is 11.4 Å². The van der Waals surface area contributed by atoms with Crippen LogP contribution in [0.3, 0.4) is 0 Å². The maximum Gasteiger partial charge on any atom is 0.196 e. The first-order valence-electron chi connectivity index (χ1n) is 17.3. The maximum atomic E-state index is 7.92. The number of hydrogen-bond acceptors (Lipinski definition) is 1.